The number of hydrogen-bond donors (Lipinski definition) is 1. The summed E-state index contributed by atoms with van der Waals surface area (Å²) in [5, 5.41) is 18.3. The second kappa shape index (κ2) is 13.1. The normalized spacial score (nSPS) is 11.2. The third kappa shape index (κ3) is 6.76. The van der Waals surface area contributed by atoms with Crippen LogP contribution in [0.1, 0.15) is 44.9 Å². The van der Waals surface area contributed by atoms with Crippen molar-refractivity contribution in [1.29, 1.82) is 5.26 Å². The van der Waals surface area contributed by atoms with Crippen LogP contribution in [0.2, 0.25) is 0 Å². The highest BCUT2D eigenvalue weighted by Crippen LogP contribution is 2.32. The van der Waals surface area contributed by atoms with Gasteiger partial charge >= 0.3 is 5.97 Å². The van der Waals surface area contributed by atoms with E-state index in [-0.39, 0.29) is 53.4 Å². The van der Waals surface area contributed by atoms with Gasteiger partial charge in [0.25, 0.3) is 6.43 Å². The molecule has 0 aliphatic heterocycles. The molecule has 13 heteroatoms. The Bertz CT molecular complexity index is 1950. The maximum Gasteiger partial charge on any atom is 0.335 e. The molecule has 0 amide bonds. The van der Waals surface area contributed by atoms with Crippen LogP contribution in [0.3, 0.4) is 0 Å². The second-order valence-electron chi connectivity index (χ2n) is 9.91. The molecule has 0 unspecified atom stereocenters. The van der Waals surface area contributed by atoms with Gasteiger partial charge < -0.3 is 19.1 Å². The lowest BCUT2D eigenvalue weighted by Crippen LogP contribution is -2.10. The molecular weight excluding hydrogens is 599 g/mol. The van der Waals surface area contributed by atoms with Crippen LogP contribution in [0.5, 0.6) is 5.88 Å². The summed E-state index contributed by atoms with van der Waals surface area (Å²) in [5.74, 6) is -3.76. The number of methoxy groups -OCH3 is 1. The lowest BCUT2D eigenvalue weighted by molar-refractivity contribution is 0.0697. The fraction of sp³-hybridized carbons (Fsp3) is 0.188. The molecule has 0 aliphatic carbocycles. The molecule has 0 bridgehead atoms. The third-order valence-corrected chi connectivity index (χ3v) is 6.99. The highest BCUT2D eigenvalue weighted by molar-refractivity contribution is 5.92. The van der Waals surface area contributed by atoms with Crippen LogP contribution in [0.25, 0.3) is 22.3 Å². The van der Waals surface area contributed by atoms with Gasteiger partial charge in [0.1, 0.15) is 29.9 Å². The van der Waals surface area contributed by atoms with E-state index in [1.165, 1.54) is 37.4 Å². The molecule has 0 aliphatic rings. The van der Waals surface area contributed by atoms with Crippen molar-refractivity contribution in [3.05, 3.63) is 112 Å². The zero-order valence-corrected chi connectivity index (χ0v) is 23.5. The Morgan fingerprint density at radius 3 is 2.44 bits per heavy atom. The molecule has 8 nitrogen and oxygen atoms in total. The second-order valence-corrected chi connectivity index (χ2v) is 9.91. The third-order valence-electron chi connectivity index (χ3n) is 6.99. The number of carboxylic acid groups (broad SMARTS) is 1. The van der Waals surface area contributed by atoms with Gasteiger partial charge in [0, 0.05) is 42.8 Å². The number of ether oxygens (including phenoxy) is 2. The van der Waals surface area contributed by atoms with Gasteiger partial charge in [0.2, 0.25) is 5.88 Å². The molecule has 5 aromatic rings. The summed E-state index contributed by atoms with van der Waals surface area (Å²) in [5.41, 5.74) is -0.363. The van der Waals surface area contributed by atoms with Crippen molar-refractivity contribution >= 4 is 17.0 Å². The molecule has 5 rings (SSSR count). The number of alkyl halides is 2. The molecule has 2 aromatic heterocycles. The molecule has 2 heterocycles. The first kappa shape index (κ1) is 31.1. The smallest absolute Gasteiger partial charge is 0.335 e. The van der Waals surface area contributed by atoms with E-state index in [1.54, 1.807) is 10.6 Å². The quantitative estimate of drug-likeness (QED) is 0.161. The van der Waals surface area contributed by atoms with Crippen LogP contribution in [-0.2, 0) is 24.3 Å². The molecular formula is C32H23F5N4O4. The van der Waals surface area contributed by atoms with Crippen LogP contribution in [-0.4, -0.2) is 39.3 Å². The predicted octanol–water partition coefficient (Wildman–Crippen LogP) is 6.84. The number of hydrogen-bond acceptors (Lipinski definition) is 6. The van der Waals surface area contributed by atoms with Crippen molar-refractivity contribution in [3.8, 4) is 23.2 Å². The largest absolute Gasteiger partial charge is 0.478 e. The number of imidazole rings is 1. The van der Waals surface area contributed by atoms with Crippen molar-refractivity contribution < 1.29 is 41.3 Å². The average Bonchev–Trinajstić information content (AvgIpc) is 3.36. The van der Waals surface area contributed by atoms with Gasteiger partial charge in [-0.1, -0.05) is 6.07 Å². The summed E-state index contributed by atoms with van der Waals surface area (Å²) in [7, 11) is 1.48. The van der Waals surface area contributed by atoms with E-state index in [9.17, 15) is 23.1 Å². The van der Waals surface area contributed by atoms with Crippen molar-refractivity contribution in [1.82, 2.24) is 14.5 Å². The zero-order valence-electron chi connectivity index (χ0n) is 23.5. The predicted molar refractivity (Wildman–Crippen MR) is 151 cm³/mol. The van der Waals surface area contributed by atoms with E-state index in [4.69, 9.17) is 14.7 Å². The highest BCUT2D eigenvalue weighted by Gasteiger charge is 2.20. The minimum absolute atomic E-state index is 0.0251. The highest BCUT2D eigenvalue weighted by atomic mass is 19.3. The van der Waals surface area contributed by atoms with Gasteiger partial charge in [-0.15, -0.1) is 0 Å². The van der Waals surface area contributed by atoms with E-state index >= 15 is 8.78 Å². The molecule has 0 fully saturated rings. The Morgan fingerprint density at radius 2 is 1.76 bits per heavy atom. The first-order valence-corrected chi connectivity index (χ1v) is 13.4. The van der Waals surface area contributed by atoms with Crippen LogP contribution in [0, 0.1) is 28.8 Å². The number of carboxylic acids is 1. The van der Waals surface area contributed by atoms with Gasteiger partial charge in [-0.25, -0.2) is 36.7 Å². The fourth-order valence-electron chi connectivity index (χ4n) is 4.71. The van der Waals surface area contributed by atoms with Crippen molar-refractivity contribution in [2.24, 2.45) is 0 Å². The number of aromatic carboxylic acids is 1. The minimum atomic E-state index is -3.00. The lowest BCUT2D eigenvalue weighted by Gasteiger charge is -2.13. The summed E-state index contributed by atoms with van der Waals surface area (Å²) in [6, 6.07) is 13.3. The molecule has 0 saturated heterocycles. The maximum absolute atomic E-state index is 15.5. The van der Waals surface area contributed by atoms with E-state index in [0.29, 0.717) is 16.9 Å². The molecule has 0 saturated carbocycles. The number of nitriles is 1. The topological polar surface area (TPSA) is 110 Å². The number of nitrogens with zero attached hydrogens (tertiary/aromatic N) is 4. The van der Waals surface area contributed by atoms with Crippen molar-refractivity contribution in [2.45, 2.75) is 26.0 Å². The maximum atomic E-state index is 15.5. The first-order valence-electron chi connectivity index (χ1n) is 13.4. The molecule has 45 heavy (non-hydrogen) atoms. The van der Waals surface area contributed by atoms with Gasteiger partial charge in [-0.3, -0.25) is 0 Å². The van der Waals surface area contributed by atoms with Crippen LogP contribution < -0.4 is 4.74 Å². The standard InChI is InChI=1S/C32H23F5N4O4/c1-44-7-6-41-28-11-18(32(42)43)4-5-26(28)39-29(41)12-20-9-25(35)22(14-24(20)34)27-10-21(31(36)37)13-30(40-27)45-16-19-3-2-17(15-38)8-23(19)33/h2-5,8-11,13-14,31H,6-7,12,16H2,1H3,(H,42,43). The van der Waals surface area contributed by atoms with Crippen LogP contribution >= 0.6 is 0 Å². The number of benzene rings is 3. The summed E-state index contributed by atoms with van der Waals surface area (Å²) in [4.78, 5) is 20.0. The molecule has 0 spiro atoms. The minimum Gasteiger partial charge on any atom is -0.478 e. The van der Waals surface area contributed by atoms with Gasteiger partial charge in [0.05, 0.1) is 40.5 Å². The van der Waals surface area contributed by atoms with Gasteiger partial charge in [-0.2, -0.15) is 5.26 Å². The Labute approximate surface area is 252 Å². The van der Waals surface area contributed by atoms with Crippen LogP contribution in [0.4, 0.5) is 22.0 Å². The monoisotopic (exact) mass is 622 g/mol. The van der Waals surface area contributed by atoms with Crippen molar-refractivity contribution in [2.75, 3.05) is 13.7 Å². The number of halogens is 5. The summed E-state index contributed by atoms with van der Waals surface area (Å²) in [6.07, 6.45) is -3.19. The zero-order chi connectivity index (χ0) is 32.2. The Hall–Kier alpha value is -5.35. The molecule has 230 valence electrons. The first-order chi connectivity index (χ1) is 21.6. The Balaban J connectivity index is 1.47. The Morgan fingerprint density at radius 1 is 0.978 bits per heavy atom. The van der Waals surface area contributed by atoms with Crippen LogP contribution in [0.15, 0.2) is 60.7 Å². The number of carbonyl (C=O) groups is 1. The van der Waals surface area contributed by atoms with E-state index in [1.807, 2.05) is 0 Å². The fourth-order valence-corrected chi connectivity index (χ4v) is 4.71. The average molecular weight is 623 g/mol. The summed E-state index contributed by atoms with van der Waals surface area (Å²) in [6.45, 7) is 0.0669. The van der Waals surface area contributed by atoms with E-state index < -0.39 is 47.6 Å². The molecule has 1 N–H and O–H groups in total. The summed E-state index contributed by atoms with van der Waals surface area (Å²) < 4.78 is 84.9. The number of fused-ring (bicyclic) bond motifs is 1. The van der Waals surface area contributed by atoms with Gasteiger partial charge in [0.15, 0.2) is 0 Å². The Kier molecular flexibility index (Phi) is 9.06. The number of pyridine rings is 1. The number of aromatic nitrogens is 3. The van der Waals surface area contributed by atoms with E-state index in [2.05, 4.69) is 9.97 Å². The lowest BCUT2D eigenvalue weighted by atomic mass is 10.0. The van der Waals surface area contributed by atoms with E-state index in [0.717, 1.165) is 30.3 Å². The summed E-state index contributed by atoms with van der Waals surface area (Å²) >= 11 is 0. The molecule has 3 aromatic carbocycles. The SMILES string of the molecule is COCCn1c(Cc2cc(F)c(-c3cc(C(F)F)cc(OCc4ccc(C#N)cc4F)n3)cc2F)nc2ccc(C(=O)O)cc21. The molecule has 0 atom stereocenters. The van der Waals surface area contributed by atoms with Gasteiger partial charge in [-0.05, 0) is 54.1 Å². The molecule has 0 radical (unpaired) electrons. The number of rotatable bonds is 11. The van der Waals surface area contributed by atoms with Crippen molar-refractivity contribution in [3.63, 3.8) is 0 Å².